The number of aliphatic carboxylic acids is 1. The molecule has 0 spiro atoms. The molecule has 4 nitrogen and oxygen atoms in total. The smallest absolute Gasteiger partial charge is 0.337 e. The quantitative estimate of drug-likeness (QED) is 0.842. The SMILES string of the molecule is COc1ccc(/C=C(\C(=O)O)c2cccs2)cc1O. The Morgan fingerprint density at radius 2 is 2.16 bits per heavy atom. The van der Waals surface area contributed by atoms with Gasteiger partial charge in [-0.2, -0.15) is 0 Å². The summed E-state index contributed by atoms with van der Waals surface area (Å²) in [5.74, 6) is -0.671. The van der Waals surface area contributed by atoms with Crippen molar-refractivity contribution in [1.29, 1.82) is 0 Å². The van der Waals surface area contributed by atoms with Gasteiger partial charge in [-0.25, -0.2) is 4.79 Å². The van der Waals surface area contributed by atoms with Crippen LogP contribution in [0.15, 0.2) is 35.7 Å². The summed E-state index contributed by atoms with van der Waals surface area (Å²) in [4.78, 5) is 11.9. The minimum Gasteiger partial charge on any atom is -0.504 e. The molecule has 0 saturated heterocycles. The van der Waals surface area contributed by atoms with Crippen molar-refractivity contribution in [3.8, 4) is 11.5 Å². The van der Waals surface area contributed by atoms with Crippen LogP contribution in [0.2, 0.25) is 0 Å². The summed E-state index contributed by atoms with van der Waals surface area (Å²) >= 11 is 1.35. The first-order valence-electron chi connectivity index (χ1n) is 5.47. The van der Waals surface area contributed by atoms with Crippen LogP contribution in [0, 0.1) is 0 Å². The zero-order chi connectivity index (χ0) is 13.8. The number of phenols is 1. The molecule has 2 rings (SSSR count). The normalized spacial score (nSPS) is 11.3. The van der Waals surface area contributed by atoms with E-state index in [1.165, 1.54) is 30.6 Å². The van der Waals surface area contributed by atoms with Crippen molar-refractivity contribution >= 4 is 29.0 Å². The second kappa shape index (κ2) is 5.58. The predicted molar refractivity (Wildman–Crippen MR) is 74.5 cm³/mol. The fourth-order valence-electron chi connectivity index (χ4n) is 1.63. The maximum atomic E-state index is 11.3. The highest BCUT2D eigenvalue weighted by atomic mass is 32.1. The van der Waals surface area contributed by atoms with Crippen LogP contribution in [-0.2, 0) is 4.79 Å². The lowest BCUT2D eigenvalue weighted by molar-refractivity contribution is -0.130. The Kier molecular flexibility index (Phi) is 3.87. The van der Waals surface area contributed by atoms with E-state index in [1.807, 2.05) is 5.38 Å². The number of methoxy groups -OCH3 is 1. The lowest BCUT2D eigenvalue weighted by Crippen LogP contribution is -1.97. The fraction of sp³-hybridized carbons (Fsp3) is 0.0714. The second-order valence-electron chi connectivity index (χ2n) is 3.77. The van der Waals surface area contributed by atoms with Crippen molar-refractivity contribution in [1.82, 2.24) is 0 Å². The first kappa shape index (κ1) is 13.2. The molecule has 0 unspecified atom stereocenters. The topological polar surface area (TPSA) is 66.8 Å². The van der Waals surface area contributed by atoms with Gasteiger partial charge in [0, 0.05) is 4.88 Å². The summed E-state index contributed by atoms with van der Waals surface area (Å²) in [6.07, 6.45) is 1.52. The molecule has 0 aliphatic carbocycles. The van der Waals surface area contributed by atoms with Crippen molar-refractivity contribution in [3.05, 3.63) is 46.2 Å². The molecule has 5 heteroatoms. The van der Waals surface area contributed by atoms with E-state index in [-0.39, 0.29) is 11.3 Å². The second-order valence-corrected chi connectivity index (χ2v) is 4.72. The number of carboxylic acids is 1. The zero-order valence-corrected chi connectivity index (χ0v) is 11.0. The molecule has 0 aliphatic heterocycles. The summed E-state index contributed by atoms with van der Waals surface area (Å²) in [5, 5.41) is 20.7. The summed E-state index contributed by atoms with van der Waals surface area (Å²) in [5.41, 5.74) is 0.795. The number of hydrogen-bond donors (Lipinski definition) is 2. The highest BCUT2D eigenvalue weighted by Crippen LogP contribution is 2.29. The molecule has 0 aliphatic rings. The molecule has 0 atom stereocenters. The maximum absolute atomic E-state index is 11.3. The van der Waals surface area contributed by atoms with Gasteiger partial charge in [0.05, 0.1) is 12.7 Å². The third kappa shape index (κ3) is 2.95. The first-order chi connectivity index (χ1) is 9.11. The number of thiophene rings is 1. The molecule has 0 fully saturated rings. The number of carbonyl (C=O) groups is 1. The number of phenolic OH excluding ortho intramolecular Hbond substituents is 1. The summed E-state index contributed by atoms with van der Waals surface area (Å²) in [6.45, 7) is 0. The number of carboxylic acid groups (broad SMARTS) is 1. The number of rotatable bonds is 4. The number of hydrogen-bond acceptors (Lipinski definition) is 4. The van der Waals surface area contributed by atoms with Gasteiger partial charge in [-0.05, 0) is 35.2 Å². The minimum atomic E-state index is -1.00. The van der Waals surface area contributed by atoms with Crippen LogP contribution in [0.1, 0.15) is 10.4 Å². The Morgan fingerprint density at radius 1 is 1.37 bits per heavy atom. The van der Waals surface area contributed by atoms with Gasteiger partial charge in [-0.3, -0.25) is 0 Å². The molecule has 2 aromatic rings. The Labute approximate surface area is 114 Å². The Morgan fingerprint density at radius 3 is 2.68 bits per heavy atom. The van der Waals surface area contributed by atoms with Crippen LogP contribution < -0.4 is 4.74 Å². The van der Waals surface area contributed by atoms with Gasteiger partial charge in [0.1, 0.15) is 0 Å². The van der Waals surface area contributed by atoms with Gasteiger partial charge in [0.25, 0.3) is 0 Å². The molecule has 1 aromatic heterocycles. The zero-order valence-electron chi connectivity index (χ0n) is 10.2. The van der Waals surface area contributed by atoms with Crippen LogP contribution in [0.5, 0.6) is 11.5 Å². The monoisotopic (exact) mass is 276 g/mol. The Balaban J connectivity index is 2.42. The van der Waals surface area contributed by atoms with Gasteiger partial charge in [0.15, 0.2) is 11.5 Å². The first-order valence-corrected chi connectivity index (χ1v) is 6.35. The molecule has 98 valence electrons. The van der Waals surface area contributed by atoms with Crippen LogP contribution in [0.25, 0.3) is 11.6 Å². The van der Waals surface area contributed by atoms with Crippen LogP contribution in [0.4, 0.5) is 0 Å². The van der Waals surface area contributed by atoms with Crippen LogP contribution >= 0.6 is 11.3 Å². The van der Waals surface area contributed by atoms with E-state index >= 15 is 0 Å². The molecule has 1 aromatic carbocycles. The van der Waals surface area contributed by atoms with Crippen LogP contribution in [-0.4, -0.2) is 23.3 Å². The molecule has 0 radical (unpaired) electrons. The van der Waals surface area contributed by atoms with Crippen LogP contribution in [0.3, 0.4) is 0 Å². The largest absolute Gasteiger partial charge is 0.504 e. The highest BCUT2D eigenvalue weighted by Gasteiger charge is 2.12. The fourth-order valence-corrected chi connectivity index (χ4v) is 2.37. The minimum absolute atomic E-state index is 0.0211. The summed E-state index contributed by atoms with van der Waals surface area (Å²) in [6, 6.07) is 8.29. The molecule has 0 amide bonds. The Bertz CT molecular complexity index is 614. The van der Waals surface area contributed by atoms with Crippen molar-refractivity contribution in [3.63, 3.8) is 0 Å². The van der Waals surface area contributed by atoms with Crippen molar-refractivity contribution in [2.24, 2.45) is 0 Å². The molecule has 1 heterocycles. The van der Waals surface area contributed by atoms with Crippen molar-refractivity contribution in [2.45, 2.75) is 0 Å². The van der Waals surface area contributed by atoms with Gasteiger partial charge < -0.3 is 14.9 Å². The lowest BCUT2D eigenvalue weighted by atomic mass is 10.1. The van der Waals surface area contributed by atoms with Crippen molar-refractivity contribution in [2.75, 3.05) is 7.11 Å². The predicted octanol–water partition coefficient (Wildman–Crippen LogP) is 3.09. The maximum Gasteiger partial charge on any atom is 0.337 e. The Hall–Kier alpha value is -2.27. The van der Waals surface area contributed by atoms with Gasteiger partial charge in [-0.15, -0.1) is 11.3 Å². The van der Waals surface area contributed by atoms with E-state index in [4.69, 9.17) is 4.74 Å². The molecule has 19 heavy (non-hydrogen) atoms. The lowest BCUT2D eigenvalue weighted by Gasteiger charge is -2.04. The summed E-state index contributed by atoms with van der Waals surface area (Å²) < 4.78 is 4.94. The number of aromatic hydroxyl groups is 1. The van der Waals surface area contributed by atoms with E-state index in [0.29, 0.717) is 16.2 Å². The van der Waals surface area contributed by atoms with E-state index < -0.39 is 5.97 Å². The standard InChI is InChI=1S/C14H12O4S/c1-18-12-5-4-9(8-11(12)15)7-10(14(16)17)13-3-2-6-19-13/h2-8,15H,1H3,(H,16,17)/b10-7-. The van der Waals surface area contributed by atoms with Gasteiger partial charge in [-0.1, -0.05) is 12.1 Å². The molecule has 2 N–H and O–H groups in total. The molecular weight excluding hydrogens is 264 g/mol. The molecule has 0 saturated carbocycles. The highest BCUT2D eigenvalue weighted by molar-refractivity contribution is 7.11. The van der Waals surface area contributed by atoms with E-state index in [1.54, 1.807) is 24.3 Å². The van der Waals surface area contributed by atoms with E-state index in [2.05, 4.69) is 0 Å². The average Bonchev–Trinajstić information content (AvgIpc) is 2.89. The van der Waals surface area contributed by atoms with Gasteiger partial charge in [0.2, 0.25) is 0 Å². The average molecular weight is 276 g/mol. The molecular formula is C14H12O4S. The third-order valence-corrected chi connectivity index (χ3v) is 3.43. The molecule has 0 bridgehead atoms. The van der Waals surface area contributed by atoms with Gasteiger partial charge >= 0.3 is 5.97 Å². The third-order valence-electron chi connectivity index (χ3n) is 2.53. The van der Waals surface area contributed by atoms with E-state index in [9.17, 15) is 15.0 Å². The van der Waals surface area contributed by atoms with E-state index in [0.717, 1.165) is 0 Å². The number of benzene rings is 1. The van der Waals surface area contributed by atoms with Crippen molar-refractivity contribution < 1.29 is 19.7 Å². The summed E-state index contributed by atoms with van der Waals surface area (Å²) in [7, 11) is 1.46. The number of ether oxygens (including phenoxy) is 1.